The summed E-state index contributed by atoms with van der Waals surface area (Å²) in [6, 6.07) is 9.92. The molecule has 0 saturated heterocycles. The third-order valence-electron chi connectivity index (χ3n) is 3.46. The number of carbonyl (C=O) groups is 2. The number of Topliss-reactive ketones (excluding diaryl/α,β-unsaturated/α-hetero) is 1. The van der Waals surface area contributed by atoms with Crippen LogP contribution < -0.4 is 10.6 Å². The quantitative estimate of drug-likeness (QED) is 0.461. The van der Waals surface area contributed by atoms with Crippen LogP contribution in [0.3, 0.4) is 0 Å². The predicted molar refractivity (Wildman–Crippen MR) is 96.3 cm³/mol. The van der Waals surface area contributed by atoms with Crippen molar-refractivity contribution in [3.63, 3.8) is 0 Å². The maximum absolute atomic E-state index is 12.3. The molecule has 1 atom stereocenters. The monoisotopic (exact) mass is 361 g/mol. The van der Waals surface area contributed by atoms with Crippen molar-refractivity contribution < 1.29 is 14.5 Å². The average Bonchev–Trinajstić information content (AvgIpc) is 2.56. The van der Waals surface area contributed by atoms with E-state index in [2.05, 4.69) is 10.6 Å². The van der Waals surface area contributed by atoms with Crippen LogP contribution in [-0.4, -0.2) is 22.7 Å². The number of amides is 1. The molecule has 0 aliphatic rings. The van der Waals surface area contributed by atoms with Crippen molar-refractivity contribution >= 4 is 40.4 Å². The number of nitro groups is 1. The number of nitrogens with zero attached hydrogens (tertiary/aromatic N) is 1. The Morgan fingerprint density at radius 2 is 1.92 bits per heavy atom. The number of hydrogen-bond donors (Lipinski definition) is 2. The van der Waals surface area contributed by atoms with Gasteiger partial charge in [-0.15, -0.1) is 0 Å². The van der Waals surface area contributed by atoms with Gasteiger partial charge in [0.15, 0.2) is 5.78 Å². The molecular formula is C17H16ClN3O4. The topological polar surface area (TPSA) is 101 Å². The number of halogens is 1. The van der Waals surface area contributed by atoms with Crippen LogP contribution in [-0.2, 0) is 4.79 Å². The van der Waals surface area contributed by atoms with Gasteiger partial charge in [-0.1, -0.05) is 23.7 Å². The van der Waals surface area contributed by atoms with Gasteiger partial charge in [-0.25, -0.2) is 0 Å². The predicted octanol–water partition coefficient (Wildman–Crippen LogP) is 3.89. The third kappa shape index (κ3) is 4.77. The zero-order chi connectivity index (χ0) is 18.6. The maximum atomic E-state index is 12.3. The van der Waals surface area contributed by atoms with Gasteiger partial charge in [0.1, 0.15) is 6.04 Å². The molecule has 2 N–H and O–H groups in total. The zero-order valence-corrected chi connectivity index (χ0v) is 14.3. The van der Waals surface area contributed by atoms with E-state index in [0.717, 1.165) is 0 Å². The van der Waals surface area contributed by atoms with Crippen molar-refractivity contribution in [3.8, 4) is 0 Å². The highest BCUT2D eigenvalue weighted by molar-refractivity contribution is 6.33. The number of ketones is 1. The molecule has 0 aliphatic carbocycles. The maximum Gasteiger partial charge on any atom is 0.271 e. The molecule has 2 aromatic carbocycles. The van der Waals surface area contributed by atoms with Crippen LogP contribution >= 0.6 is 11.6 Å². The molecule has 0 bridgehead atoms. The van der Waals surface area contributed by atoms with Gasteiger partial charge in [0.2, 0.25) is 5.91 Å². The fourth-order valence-corrected chi connectivity index (χ4v) is 2.27. The first kappa shape index (κ1) is 18.4. The molecule has 2 rings (SSSR count). The summed E-state index contributed by atoms with van der Waals surface area (Å²) >= 11 is 5.97. The normalized spacial score (nSPS) is 11.5. The summed E-state index contributed by atoms with van der Waals surface area (Å²) in [6.07, 6.45) is 0. The fraction of sp³-hybridized carbons (Fsp3) is 0.176. The standard InChI is InChI=1S/C17H16ClN3O4/c1-10(19-13-5-3-4-12(8-13)11(2)22)17(23)20-16-9-14(21(24)25)6-7-15(16)18/h3-10,19H,1-2H3,(H,20,23)/t10-/m1/s1. The van der Waals surface area contributed by atoms with Crippen LogP contribution in [0.15, 0.2) is 42.5 Å². The number of anilines is 2. The second-order valence-electron chi connectivity index (χ2n) is 5.41. The number of nitro benzene ring substituents is 1. The first-order chi connectivity index (χ1) is 11.8. The Balaban J connectivity index is 2.10. The smallest absolute Gasteiger partial charge is 0.271 e. The van der Waals surface area contributed by atoms with E-state index in [1.165, 1.54) is 25.1 Å². The number of carbonyl (C=O) groups excluding carboxylic acids is 2. The van der Waals surface area contributed by atoms with E-state index in [4.69, 9.17) is 11.6 Å². The van der Waals surface area contributed by atoms with E-state index in [9.17, 15) is 19.7 Å². The van der Waals surface area contributed by atoms with Gasteiger partial charge in [-0.3, -0.25) is 19.7 Å². The summed E-state index contributed by atoms with van der Waals surface area (Å²) in [4.78, 5) is 34.0. The Bertz CT molecular complexity index is 838. The second kappa shape index (κ2) is 7.76. The molecule has 0 spiro atoms. The Kier molecular flexibility index (Phi) is 5.71. The number of benzene rings is 2. The first-order valence-corrected chi connectivity index (χ1v) is 7.78. The first-order valence-electron chi connectivity index (χ1n) is 7.40. The highest BCUT2D eigenvalue weighted by Gasteiger charge is 2.17. The van der Waals surface area contributed by atoms with Crippen molar-refractivity contribution in [1.29, 1.82) is 0 Å². The molecule has 0 aliphatic heterocycles. The Morgan fingerprint density at radius 3 is 2.56 bits per heavy atom. The summed E-state index contributed by atoms with van der Waals surface area (Å²) in [5, 5.41) is 16.6. The van der Waals surface area contributed by atoms with E-state index >= 15 is 0 Å². The summed E-state index contributed by atoms with van der Waals surface area (Å²) in [7, 11) is 0. The van der Waals surface area contributed by atoms with Gasteiger partial charge >= 0.3 is 0 Å². The molecule has 130 valence electrons. The highest BCUT2D eigenvalue weighted by Crippen LogP contribution is 2.27. The molecule has 0 fully saturated rings. The van der Waals surface area contributed by atoms with Crippen LogP contribution in [0.25, 0.3) is 0 Å². The van der Waals surface area contributed by atoms with Gasteiger partial charge in [-0.05, 0) is 32.0 Å². The van der Waals surface area contributed by atoms with Gasteiger partial charge in [-0.2, -0.15) is 0 Å². The summed E-state index contributed by atoms with van der Waals surface area (Å²) < 4.78 is 0. The zero-order valence-electron chi connectivity index (χ0n) is 13.6. The molecule has 0 aromatic heterocycles. The van der Waals surface area contributed by atoms with E-state index in [1.807, 2.05) is 0 Å². The summed E-state index contributed by atoms with van der Waals surface area (Å²) in [5.74, 6) is -0.500. The molecule has 8 heteroatoms. The van der Waals surface area contributed by atoms with E-state index in [1.54, 1.807) is 31.2 Å². The fourth-order valence-electron chi connectivity index (χ4n) is 2.11. The van der Waals surface area contributed by atoms with E-state index in [0.29, 0.717) is 11.3 Å². The Morgan fingerprint density at radius 1 is 1.20 bits per heavy atom. The van der Waals surface area contributed by atoms with Crippen molar-refractivity contribution in [3.05, 3.63) is 63.2 Å². The SMILES string of the molecule is CC(=O)c1cccc(N[C@H](C)C(=O)Nc2cc([N+](=O)[O-])ccc2Cl)c1. The molecule has 7 nitrogen and oxygen atoms in total. The van der Waals surface area contributed by atoms with Crippen LogP contribution in [0, 0.1) is 10.1 Å². The molecule has 0 heterocycles. The van der Waals surface area contributed by atoms with Crippen LogP contribution in [0.1, 0.15) is 24.2 Å². The highest BCUT2D eigenvalue weighted by atomic mass is 35.5. The molecule has 2 aromatic rings. The van der Waals surface area contributed by atoms with E-state index in [-0.39, 0.29) is 22.2 Å². The third-order valence-corrected chi connectivity index (χ3v) is 3.79. The minimum atomic E-state index is -0.655. The van der Waals surface area contributed by atoms with Crippen LogP contribution in [0.2, 0.25) is 5.02 Å². The number of hydrogen-bond acceptors (Lipinski definition) is 5. The Labute approximate surface area is 149 Å². The second-order valence-corrected chi connectivity index (χ2v) is 5.82. The van der Waals surface area contributed by atoms with Crippen molar-refractivity contribution in [1.82, 2.24) is 0 Å². The number of non-ortho nitro benzene ring substituents is 1. The van der Waals surface area contributed by atoms with Crippen molar-refractivity contribution in [2.24, 2.45) is 0 Å². The lowest BCUT2D eigenvalue weighted by atomic mass is 10.1. The molecule has 25 heavy (non-hydrogen) atoms. The molecule has 0 unspecified atom stereocenters. The molecule has 1 amide bonds. The molecule has 0 radical (unpaired) electrons. The lowest BCUT2D eigenvalue weighted by Gasteiger charge is -2.16. The number of rotatable bonds is 6. The number of nitrogens with one attached hydrogen (secondary N) is 2. The molecule has 0 saturated carbocycles. The largest absolute Gasteiger partial charge is 0.374 e. The van der Waals surface area contributed by atoms with Gasteiger partial charge in [0.05, 0.1) is 15.6 Å². The Hall–Kier alpha value is -2.93. The minimum absolute atomic E-state index is 0.0795. The van der Waals surface area contributed by atoms with Crippen LogP contribution in [0.4, 0.5) is 17.1 Å². The van der Waals surface area contributed by atoms with Gasteiger partial charge < -0.3 is 10.6 Å². The van der Waals surface area contributed by atoms with Crippen molar-refractivity contribution in [2.45, 2.75) is 19.9 Å². The minimum Gasteiger partial charge on any atom is -0.374 e. The lowest BCUT2D eigenvalue weighted by Crippen LogP contribution is -2.32. The van der Waals surface area contributed by atoms with Crippen LogP contribution in [0.5, 0.6) is 0 Å². The van der Waals surface area contributed by atoms with Gasteiger partial charge in [0, 0.05) is 23.4 Å². The van der Waals surface area contributed by atoms with Gasteiger partial charge in [0.25, 0.3) is 5.69 Å². The summed E-state index contributed by atoms with van der Waals surface area (Å²) in [5.41, 5.74) is 1.13. The average molecular weight is 362 g/mol. The van der Waals surface area contributed by atoms with E-state index < -0.39 is 16.9 Å². The van der Waals surface area contributed by atoms with Crippen molar-refractivity contribution in [2.75, 3.05) is 10.6 Å². The summed E-state index contributed by atoms with van der Waals surface area (Å²) in [6.45, 7) is 3.08. The molecular weight excluding hydrogens is 346 g/mol. The lowest BCUT2D eigenvalue weighted by molar-refractivity contribution is -0.384.